The predicted molar refractivity (Wildman–Crippen MR) is 88.6 cm³/mol. The molecule has 114 valence electrons. The number of nitrogens with zero attached hydrogens (tertiary/aromatic N) is 2. The Bertz CT molecular complexity index is 691. The number of aromatic hydroxyl groups is 1. The van der Waals surface area contributed by atoms with Crippen molar-refractivity contribution >= 4 is 17.3 Å². The van der Waals surface area contributed by atoms with E-state index in [4.69, 9.17) is 0 Å². The van der Waals surface area contributed by atoms with Crippen molar-refractivity contribution in [1.29, 1.82) is 0 Å². The highest BCUT2D eigenvalue weighted by molar-refractivity contribution is 6.01. The molecule has 0 aliphatic carbocycles. The second kappa shape index (κ2) is 6.76. The minimum Gasteiger partial charge on any atom is -0.508 e. The molecule has 0 saturated heterocycles. The first-order chi connectivity index (χ1) is 10.5. The summed E-state index contributed by atoms with van der Waals surface area (Å²) in [5, 5.41) is 13.5. The van der Waals surface area contributed by atoms with Crippen LogP contribution in [0.5, 0.6) is 5.75 Å². The van der Waals surface area contributed by atoms with Gasteiger partial charge < -0.3 is 10.0 Å². The first-order valence-electron chi connectivity index (χ1n) is 6.89. The Morgan fingerprint density at radius 1 is 1.09 bits per heavy atom. The van der Waals surface area contributed by atoms with E-state index in [2.05, 4.69) is 10.5 Å². The van der Waals surface area contributed by atoms with Gasteiger partial charge in [0.25, 0.3) is 5.91 Å². The van der Waals surface area contributed by atoms with Crippen molar-refractivity contribution in [2.75, 3.05) is 19.0 Å². The third-order valence-corrected chi connectivity index (χ3v) is 3.23. The number of carbonyl (C=O) groups is 1. The van der Waals surface area contributed by atoms with Crippen molar-refractivity contribution in [1.82, 2.24) is 5.43 Å². The van der Waals surface area contributed by atoms with Gasteiger partial charge in [-0.1, -0.05) is 18.2 Å². The fourth-order valence-corrected chi connectivity index (χ4v) is 1.91. The van der Waals surface area contributed by atoms with Gasteiger partial charge in [0.1, 0.15) is 5.75 Å². The zero-order valence-corrected chi connectivity index (χ0v) is 12.9. The Morgan fingerprint density at radius 3 is 2.36 bits per heavy atom. The molecule has 0 heterocycles. The fraction of sp³-hybridized carbons (Fsp3) is 0.176. The van der Waals surface area contributed by atoms with Crippen LogP contribution in [0, 0.1) is 0 Å². The van der Waals surface area contributed by atoms with E-state index in [0.29, 0.717) is 11.3 Å². The van der Waals surface area contributed by atoms with Crippen molar-refractivity contribution in [2.24, 2.45) is 5.10 Å². The predicted octanol–water partition coefficient (Wildman–Crippen LogP) is 2.61. The molecule has 2 aromatic rings. The van der Waals surface area contributed by atoms with Gasteiger partial charge in [0.15, 0.2) is 0 Å². The SMILES string of the molecule is C/C(=N/NC(=O)c1cccc(O)c1)c1ccc(N(C)C)cc1. The summed E-state index contributed by atoms with van der Waals surface area (Å²) in [6.07, 6.45) is 0. The van der Waals surface area contributed by atoms with Crippen molar-refractivity contribution < 1.29 is 9.90 Å². The third kappa shape index (κ3) is 3.85. The van der Waals surface area contributed by atoms with E-state index in [1.807, 2.05) is 50.2 Å². The van der Waals surface area contributed by atoms with Crippen LogP contribution in [0.1, 0.15) is 22.8 Å². The first-order valence-corrected chi connectivity index (χ1v) is 6.89. The van der Waals surface area contributed by atoms with E-state index >= 15 is 0 Å². The molecule has 2 N–H and O–H groups in total. The molecule has 2 rings (SSSR count). The molecule has 0 spiro atoms. The highest BCUT2D eigenvalue weighted by Gasteiger charge is 2.05. The number of hydrogen-bond acceptors (Lipinski definition) is 4. The smallest absolute Gasteiger partial charge is 0.271 e. The van der Waals surface area contributed by atoms with Crippen LogP contribution in [0.25, 0.3) is 0 Å². The molecule has 5 heteroatoms. The Kier molecular flexibility index (Phi) is 4.78. The number of anilines is 1. The van der Waals surface area contributed by atoms with E-state index in [9.17, 15) is 9.90 Å². The normalized spacial score (nSPS) is 11.1. The number of hydrogen-bond donors (Lipinski definition) is 2. The molecule has 22 heavy (non-hydrogen) atoms. The third-order valence-electron chi connectivity index (χ3n) is 3.23. The number of rotatable bonds is 4. The number of hydrazone groups is 1. The molecule has 0 atom stereocenters. The van der Waals surface area contributed by atoms with E-state index in [0.717, 1.165) is 11.3 Å². The Labute approximate surface area is 129 Å². The largest absolute Gasteiger partial charge is 0.508 e. The molecule has 0 saturated carbocycles. The zero-order chi connectivity index (χ0) is 16.1. The maximum Gasteiger partial charge on any atom is 0.271 e. The second-order valence-corrected chi connectivity index (χ2v) is 5.13. The Morgan fingerprint density at radius 2 is 1.77 bits per heavy atom. The highest BCUT2D eigenvalue weighted by atomic mass is 16.3. The molecule has 1 amide bonds. The summed E-state index contributed by atoms with van der Waals surface area (Å²) in [5.41, 5.74) is 5.59. The summed E-state index contributed by atoms with van der Waals surface area (Å²) < 4.78 is 0. The van der Waals surface area contributed by atoms with Crippen molar-refractivity contribution in [3.8, 4) is 5.75 Å². The lowest BCUT2D eigenvalue weighted by molar-refractivity contribution is 0.0954. The summed E-state index contributed by atoms with van der Waals surface area (Å²) in [6, 6.07) is 14.0. The van der Waals surface area contributed by atoms with Gasteiger partial charge in [0.05, 0.1) is 5.71 Å². The maximum atomic E-state index is 11.9. The van der Waals surface area contributed by atoms with Gasteiger partial charge in [0.2, 0.25) is 0 Å². The van der Waals surface area contributed by atoms with Crippen LogP contribution < -0.4 is 10.3 Å². The number of carbonyl (C=O) groups excluding carboxylic acids is 1. The molecule has 0 radical (unpaired) electrons. The van der Waals surface area contributed by atoms with Crippen LogP contribution in [0.15, 0.2) is 53.6 Å². The molecule has 5 nitrogen and oxygen atoms in total. The van der Waals surface area contributed by atoms with Crippen LogP contribution in [0.4, 0.5) is 5.69 Å². The van der Waals surface area contributed by atoms with Gasteiger partial charge in [-0.2, -0.15) is 5.10 Å². The van der Waals surface area contributed by atoms with Crippen LogP contribution in [-0.4, -0.2) is 30.8 Å². The van der Waals surface area contributed by atoms with Crippen LogP contribution in [0.3, 0.4) is 0 Å². The van der Waals surface area contributed by atoms with Gasteiger partial charge in [0, 0.05) is 25.3 Å². The fourth-order valence-electron chi connectivity index (χ4n) is 1.91. The van der Waals surface area contributed by atoms with Crippen LogP contribution in [-0.2, 0) is 0 Å². The highest BCUT2D eigenvalue weighted by Crippen LogP contribution is 2.13. The average Bonchev–Trinajstić information content (AvgIpc) is 2.52. The summed E-state index contributed by atoms with van der Waals surface area (Å²) in [5.74, 6) is -0.312. The van der Waals surface area contributed by atoms with E-state index in [1.165, 1.54) is 12.1 Å². The van der Waals surface area contributed by atoms with E-state index < -0.39 is 0 Å². The topological polar surface area (TPSA) is 64.9 Å². The average molecular weight is 297 g/mol. The number of phenolic OH excluding ortho intramolecular Hbond substituents is 1. The van der Waals surface area contributed by atoms with Crippen molar-refractivity contribution in [2.45, 2.75) is 6.92 Å². The standard InChI is InChI=1S/C17H19N3O2/c1-12(13-7-9-15(10-8-13)20(2)3)18-19-17(22)14-5-4-6-16(21)11-14/h4-11,21H,1-3H3,(H,19,22)/b18-12-. The second-order valence-electron chi connectivity index (χ2n) is 5.13. The molecule has 0 aromatic heterocycles. The molecule has 0 aliphatic heterocycles. The number of amides is 1. The van der Waals surface area contributed by atoms with E-state index in [-0.39, 0.29) is 11.7 Å². The van der Waals surface area contributed by atoms with Crippen molar-refractivity contribution in [3.05, 3.63) is 59.7 Å². The minimum absolute atomic E-state index is 0.0487. The molecular weight excluding hydrogens is 278 g/mol. The van der Waals surface area contributed by atoms with Gasteiger partial charge in [-0.05, 0) is 42.8 Å². The lowest BCUT2D eigenvalue weighted by Gasteiger charge is -2.12. The van der Waals surface area contributed by atoms with E-state index in [1.54, 1.807) is 12.1 Å². The number of phenols is 1. The zero-order valence-electron chi connectivity index (χ0n) is 12.9. The molecule has 0 fully saturated rings. The first kappa shape index (κ1) is 15.6. The summed E-state index contributed by atoms with van der Waals surface area (Å²) in [4.78, 5) is 14.0. The van der Waals surface area contributed by atoms with Gasteiger partial charge in [-0.25, -0.2) is 5.43 Å². The molecule has 0 unspecified atom stereocenters. The van der Waals surface area contributed by atoms with Gasteiger partial charge in [-0.3, -0.25) is 4.79 Å². The van der Waals surface area contributed by atoms with Gasteiger partial charge in [-0.15, -0.1) is 0 Å². The maximum absolute atomic E-state index is 11.9. The minimum atomic E-state index is -0.361. The van der Waals surface area contributed by atoms with Crippen LogP contribution >= 0.6 is 0 Å². The van der Waals surface area contributed by atoms with Crippen LogP contribution in [0.2, 0.25) is 0 Å². The summed E-state index contributed by atoms with van der Waals surface area (Å²) >= 11 is 0. The lowest BCUT2D eigenvalue weighted by atomic mass is 10.1. The van der Waals surface area contributed by atoms with Crippen molar-refractivity contribution in [3.63, 3.8) is 0 Å². The molecule has 2 aromatic carbocycles. The van der Waals surface area contributed by atoms with Gasteiger partial charge >= 0.3 is 0 Å². The molecule has 0 bridgehead atoms. The Hall–Kier alpha value is -2.82. The number of benzene rings is 2. The Balaban J connectivity index is 2.07. The monoisotopic (exact) mass is 297 g/mol. The summed E-state index contributed by atoms with van der Waals surface area (Å²) in [7, 11) is 3.96. The lowest BCUT2D eigenvalue weighted by Crippen LogP contribution is -2.19. The quantitative estimate of drug-likeness (QED) is 0.673. The molecule has 0 aliphatic rings. The molecular formula is C17H19N3O2. The number of nitrogens with one attached hydrogen (secondary N) is 1. The summed E-state index contributed by atoms with van der Waals surface area (Å²) in [6.45, 7) is 1.83.